The van der Waals surface area contributed by atoms with Crippen molar-refractivity contribution in [1.29, 1.82) is 0 Å². The van der Waals surface area contributed by atoms with Gasteiger partial charge in [0.2, 0.25) is 0 Å². The lowest BCUT2D eigenvalue weighted by Gasteiger charge is -2.25. The third-order valence-electron chi connectivity index (χ3n) is 3.82. The second kappa shape index (κ2) is 9.56. The fourth-order valence-electron chi connectivity index (χ4n) is 2.59. The first-order valence-electron chi connectivity index (χ1n) is 7.13. The molecule has 4 nitrogen and oxygen atoms in total. The SMILES string of the molecule is CC(C)CCN1CCCC(N(C)CC(=O)O)CC1.Cl. The standard InChI is InChI=1S/C14H28N2O2.ClH/c1-12(2)6-9-16-8-4-5-13(7-10-16)15(3)11-14(17)18;/h12-13H,4-11H2,1-3H3,(H,17,18);1H. The average Bonchev–Trinajstić information content (AvgIpc) is 2.50. The molecule has 1 N–H and O–H groups in total. The number of hydrogen-bond donors (Lipinski definition) is 1. The van der Waals surface area contributed by atoms with Crippen LogP contribution in [0.1, 0.15) is 39.5 Å². The van der Waals surface area contributed by atoms with Crippen LogP contribution >= 0.6 is 12.4 Å². The molecule has 1 aliphatic rings. The van der Waals surface area contributed by atoms with E-state index in [2.05, 4.69) is 18.7 Å². The van der Waals surface area contributed by atoms with Gasteiger partial charge in [-0.1, -0.05) is 13.8 Å². The molecule has 1 fully saturated rings. The van der Waals surface area contributed by atoms with Crippen LogP contribution in [0.2, 0.25) is 0 Å². The van der Waals surface area contributed by atoms with Crippen molar-refractivity contribution in [2.45, 2.75) is 45.6 Å². The lowest BCUT2D eigenvalue weighted by molar-refractivity contribution is -0.138. The maximum absolute atomic E-state index is 10.7. The van der Waals surface area contributed by atoms with E-state index in [1.54, 1.807) is 0 Å². The number of likely N-dealkylation sites (N-methyl/N-ethyl adjacent to an activating group) is 1. The summed E-state index contributed by atoms with van der Waals surface area (Å²) in [7, 11) is 1.93. The number of carboxylic acid groups (broad SMARTS) is 1. The molecule has 0 aromatic rings. The highest BCUT2D eigenvalue weighted by atomic mass is 35.5. The second-order valence-electron chi connectivity index (χ2n) is 5.92. The van der Waals surface area contributed by atoms with Crippen LogP contribution in [0.3, 0.4) is 0 Å². The summed E-state index contributed by atoms with van der Waals surface area (Å²) in [6, 6.07) is 0.435. The third-order valence-corrected chi connectivity index (χ3v) is 3.82. The van der Waals surface area contributed by atoms with Gasteiger partial charge in [0.05, 0.1) is 6.54 Å². The molecule has 0 radical (unpaired) electrons. The topological polar surface area (TPSA) is 43.8 Å². The summed E-state index contributed by atoms with van der Waals surface area (Å²) >= 11 is 0. The Bertz CT molecular complexity index is 262. The molecule has 1 unspecified atom stereocenters. The van der Waals surface area contributed by atoms with E-state index in [0.717, 1.165) is 25.3 Å². The molecule has 19 heavy (non-hydrogen) atoms. The molecule has 0 bridgehead atoms. The van der Waals surface area contributed by atoms with Gasteiger partial charge >= 0.3 is 5.97 Å². The number of carboxylic acids is 1. The number of aliphatic carboxylic acids is 1. The van der Waals surface area contributed by atoms with Crippen molar-refractivity contribution >= 4 is 18.4 Å². The van der Waals surface area contributed by atoms with E-state index in [1.807, 2.05) is 11.9 Å². The van der Waals surface area contributed by atoms with E-state index in [0.29, 0.717) is 6.04 Å². The minimum Gasteiger partial charge on any atom is -0.480 e. The molecule has 0 aromatic heterocycles. The van der Waals surface area contributed by atoms with Crippen LogP contribution in [-0.4, -0.2) is 60.1 Å². The van der Waals surface area contributed by atoms with Gasteiger partial charge in [-0.25, -0.2) is 0 Å². The highest BCUT2D eigenvalue weighted by Crippen LogP contribution is 2.16. The predicted molar refractivity (Wildman–Crippen MR) is 81.0 cm³/mol. The van der Waals surface area contributed by atoms with E-state index in [1.165, 1.54) is 25.9 Å². The van der Waals surface area contributed by atoms with Crippen LogP contribution in [0, 0.1) is 5.92 Å². The first kappa shape index (κ1) is 18.7. The van der Waals surface area contributed by atoms with E-state index < -0.39 is 5.97 Å². The van der Waals surface area contributed by atoms with Crippen LogP contribution in [0.5, 0.6) is 0 Å². The molecule has 1 aliphatic heterocycles. The third kappa shape index (κ3) is 7.75. The molecule has 1 heterocycles. The summed E-state index contributed by atoms with van der Waals surface area (Å²) in [6.45, 7) is 8.16. The van der Waals surface area contributed by atoms with Crippen molar-refractivity contribution in [3.8, 4) is 0 Å². The molecular formula is C14H29ClN2O2. The van der Waals surface area contributed by atoms with E-state index in [-0.39, 0.29) is 19.0 Å². The number of hydrogen-bond acceptors (Lipinski definition) is 3. The average molecular weight is 293 g/mol. The Morgan fingerprint density at radius 1 is 1.37 bits per heavy atom. The Morgan fingerprint density at radius 3 is 2.63 bits per heavy atom. The van der Waals surface area contributed by atoms with Gasteiger partial charge in [0.15, 0.2) is 0 Å². The van der Waals surface area contributed by atoms with Crippen LogP contribution in [-0.2, 0) is 4.79 Å². The molecule has 0 saturated carbocycles. The lowest BCUT2D eigenvalue weighted by Crippen LogP contribution is -2.36. The van der Waals surface area contributed by atoms with Gasteiger partial charge < -0.3 is 10.0 Å². The van der Waals surface area contributed by atoms with E-state index in [4.69, 9.17) is 5.11 Å². The number of likely N-dealkylation sites (tertiary alicyclic amines) is 1. The minimum absolute atomic E-state index is 0. The number of carbonyl (C=O) groups is 1. The predicted octanol–water partition coefficient (Wildman–Crippen LogP) is 2.33. The Kier molecular flexibility index (Phi) is 9.40. The summed E-state index contributed by atoms with van der Waals surface area (Å²) in [4.78, 5) is 15.3. The lowest BCUT2D eigenvalue weighted by atomic mass is 10.1. The smallest absolute Gasteiger partial charge is 0.317 e. The van der Waals surface area contributed by atoms with Gasteiger partial charge in [0.25, 0.3) is 0 Å². The second-order valence-corrected chi connectivity index (χ2v) is 5.92. The summed E-state index contributed by atoms with van der Waals surface area (Å²) in [5.74, 6) is 0.0390. The Hall–Kier alpha value is -0.320. The molecule has 0 aromatic carbocycles. The monoisotopic (exact) mass is 292 g/mol. The summed E-state index contributed by atoms with van der Waals surface area (Å²) in [6.07, 6.45) is 4.67. The summed E-state index contributed by atoms with van der Waals surface area (Å²) < 4.78 is 0. The highest BCUT2D eigenvalue weighted by molar-refractivity contribution is 5.85. The van der Waals surface area contributed by atoms with Crippen LogP contribution < -0.4 is 0 Å². The van der Waals surface area contributed by atoms with Crippen LogP contribution in [0.15, 0.2) is 0 Å². The highest BCUT2D eigenvalue weighted by Gasteiger charge is 2.21. The van der Waals surface area contributed by atoms with Crippen molar-refractivity contribution in [3.05, 3.63) is 0 Å². The number of halogens is 1. The summed E-state index contributed by atoms with van der Waals surface area (Å²) in [5.41, 5.74) is 0. The van der Waals surface area contributed by atoms with Gasteiger partial charge in [-0.3, -0.25) is 9.69 Å². The van der Waals surface area contributed by atoms with Crippen molar-refractivity contribution in [2.75, 3.05) is 33.2 Å². The van der Waals surface area contributed by atoms with Crippen molar-refractivity contribution in [2.24, 2.45) is 5.92 Å². The van der Waals surface area contributed by atoms with Crippen LogP contribution in [0.4, 0.5) is 0 Å². The molecule has 1 atom stereocenters. The van der Waals surface area contributed by atoms with Crippen LogP contribution in [0.25, 0.3) is 0 Å². The normalized spacial score (nSPS) is 21.2. The largest absolute Gasteiger partial charge is 0.480 e. The first-order valence-corrected chi connectivity index (χ1v) is 7.13. The number of nitrogens with zero attached hydrogens (tertiary/aromatic N) is 2. The molecule has 5 heteroatoms. The van der Waals surface area contributed by atoms with E-state index >= 15 is 0 Å². The quantitative estimate of drug-likeness (QED) is 0.816. The molecule has 114 valence electrons. The maximum atomic E-state index is 10.7. The Balaban J connectivity index is 0.00000324. The molecule has 0 amide bonds. The maximum Gasteiger partial charge on any atom is 0.317 e. The van der Waals surface area contributed by atoms with Crippen molar-refractivity contribution in [1.82, 2.24) is 9.80 Å². The minimum atomic E-state index is -0.724. The molecule has 0 aliphatic carbocycles. The molecule has 0 spiro atoms. The Labute approximate surface area is 123 Å². The Morgan fingerprint density at radius 2 is 2.05 bits per heavy atom. The molecule has 1 rings (SSSR count). The van der Waals surface area contributed by atoms with E-state index in [9.17, 15) is 4.79 Å². The zero-order valence-corrected chi connectivity index (χ0v) is 13.3. The zero-order chi connectivity index (χ0) is 13.5. The van der Waals surface area contributed by atoms with Crippen molar-refractivity contribution < 1.29 is 9.90 Å². The molecule has 1 saturated heterocycles. The van der Waals surface area contributed by atoms with Crippen molar-refractivity contribution in [3.63, 3.8) is 0 Å². The number of rotatable bonds is 6. The molecular weight excluding hydrogens is 264 g/mol. The van der Waals surface area contributed by atoms with Gasteiger partial charge in [-0.05, 0) is 58.3 Å². The van der Waals surface area contributed by atoms with Gasteiger partial charge in [0, 0.05) is 6.04 Å². The van der Waals surface area contributed by atoms with Gasteiger partial charge in [0.1, 0.15) is 0 Å². The van der Waals surface area contributed by atoms with Gasteiger partial charge in [-0.15, -0.1) is 12.4 Å². The zero-order valence-electron chi connectivity index (χ0n) is 12.5. The fraction of sp³-hybridized carbons (Fsp3) is 0.929. The van der Waals surface area contributed by atoms with Gasteiger partial charge in [-0.2, -0.15) is 0 Å². The first-order chi connectivity index (χ1) is 8.49. The summed E-state index contributed by atoms with van der Waals surface area (Å²) in [5, 5.41) is 8.83. The fourth-order valence-corrected chi connectivity index (χ4v) is 2.59.